The van der Waals surface area contributed by atoms with Crippen LogP contribution in [0.3, 0.4) is 0 Å². The molecule has 2 heterocycles. The number of carbonyl (C=O) groups is 2. The Hall–Kier alpha value is -1.14. The van der Waals surface area contributed by atoms with Gasteiger partial charge in [-0.15, -0.1) is 0 Å². The third kappa shape index (κ3) is 3.12. The van der Waals surface area contributed by atoms with Gasteiger partial charge in [-0.1, -0.05) is 0 Å². The van der Waals surface area contributed by atoms with Crippen LogP contribution in [0.1, 0.15) is 25.7 Å². The molecule has 0 aromatic rings. The SMILES string of the molecule is O=C(CCC(=O)N(C1CC1)C1COC1)N1CCOCC1. The molecule has 0 N–H and O–H groups in total. The zero-order valence-electron chi connectivity index (χ0n) is 11.8. The summed E-state index contributed by atoms with van der Waals surface area (Å²) in [5, 5.41) is 0. The molecule has 3 aliphatic rings. The molecule has 3 fully saturated rings. The maximum absolute atomic E-state index is 12.3. The van der Waals surface area contributed by atoms with Gasteiger partial charge < -0.3 is 19.3 Å². The van der Waals surface area contributed by atoms with E-state index in [1.54, 1.807) is 4.90 Å². The lowest BCUT2D eigenvalue weighted by atomic mass is 10.1. The summed E-state index contributed by atoms with van der Waals surface area (Å²) in [6.07, 6.45) is 2.83. The van der Waals surface area contributed by atoms with Crippen LogP contribution < -0.4 is 0 Å². The van der Waals surface area contributed by atoms with Crippen molar-refractivity contribution in [3.05, 3.63) is 0 Å². The number of hydrogen-bond donors (Lipinski definition) is 0. The highest BCUT2D eigenvalue weighted by molar-refractivity contribution is 5.84. The third-order valence-corrected chi connectivity index (χ3v) is 4.16. The zero-order valence-corrected chi connectivity index (χ0v) is 11.8. The van der Waals surface area contributed by atoms with Gasteiger partial charge in [-0.05, 0) is 12.8 Å². The molecule has 1 saturated carbocycles. The summed E-state index contributed by atoms with van der Waals surface area (Å²) in [5.41, 5.74) is 0. The molecule has 2 aliphatic heterocycles. The Kier molecular flexibility index (Phi) is 4.21. The summed E-state index contributed by atoms with van der Waals surface area (Å²) in [6, 6.07) is 0.642. The molecule has 3 rings (SSSR count). The topological polar surface area (TPSA) is 59.1 Å². The standard InChI is InChI=1S/C14H22N2O4/c17-13(15-5-7-19-8-6-15)3-4-14(18)16(11-1-2-11)12-9-20-10-12/h11-12H,1-10H2. The van der Waals surface area contributed by atoms with Crippen LogP contribution in [0.25, 0.3) is 0 Å². The molecular weight excluding hydrogens is 260 g/mol. The quantitative estimate of drug-likeness (QED) is 0.713. The first-order valence-corrected chi connectivity index (χ1v) is 7.50. The second-order valence-corrected chi connectivity index (χ2v) is 5.72. The first-order valence-electron chi connectivity index (χ1n) is 7.50. The number of carbonyl (C=O) groups excluding carboxylic acids is 2. The van der Waals surface area contributed by atoms with Gasteiger partial charge in [0.05, 0.1) is 32.5 Å². The Balaban J connectivity index is 1.46. The molecular formula is C14H22N2O4. The van der Waals surface area contributed by atoms with Gasteiger partial charge in [-0.3, -0.25) is 9.59 Å². The molecule has 6 heteroatoms. The lowest BCUT2D eigenvalue weighted by molar-refractivity contribution is -0.148. The minimum Gasteiger partial charge on any atom is -0.378 e. The fourth-order valence-electron chi connectivity index (χ4n) is 2.76. The Morgan fingerprint density at radius 2 is 1.70 bits per heavy atom. The van der Waals surface area contributed by atoms with E-state index in [9.17, 15) is 9.59 Å². The van der Waals surface area contributed by atoms with Crippen LogP contribution in [0.4, 0.5) is 0 Å². The van der Waals surface area contributed by atoms with E-state index in [1.807, 2.05) is 4.90 Å². The average Bonchev–Trinajstić information content (AvgIpc) is 3.25. The van der Waals surface area contributed by atoms with Crippen LogP contribution in [-0.2, 0) is 19.1 Å². The van der Waals surface area contributed by atoms with Crippen LogP contribution in [0.2, 0.25) is 0 Å². The zero-order chi connectivity index (χ0) is 13.9. The van der Waals surface area contributed by atoms with Crippen molar-refractivity contribution in [1.29, 1.82) is 0 Å². The van der Waals surface area contributed by atoms with Crippen LogP contribution in [0.15, 0.2) is 0 Å². The predicted molar refractivity (Wildman–Crippen MR) is 71.1 cm³/mol. The second kappa shape index (κ2) is 6.10. The summed E-state index contributed by atoms with van der Waals surface area (Å²) in [5.74, 6) is 0.185. The van der Waals surface area contributed by atoms with Gasteiger partial charge in [0.25, 0.3) is 0 Å². The summed E-state index contributed by atoms with van der Waals surface area (Å²) in [4.78, 5) is 28.1. The number of rotatable bonds is 5. The summed E-state index contributed by atoms with van der Waals surface area (Å²) < 4.78 is 10.4. The lowest BCUT2D eigenvalue weighted by Gasteiger charge is -2.37. The minimum absolute atomic E-state index is 0.0715. The molecule has 6 nitrogen and oxygen atoms in total. The molecule has 20 heavy (non-hydrogen) atoms. The van der Waals surface area contributed by atoms with E-state index in [1.165, 1.54) is 0 Å². The molecule has 0 bridgehead atoms. The normalized spacial score (nSPS) is 23.3. The third-order valence-electron chi connectivity index (χ3n) is 4.16. The molecule has 2 amide bonds. The van der Waals surface area contributed by atoms with Crippen LogP contribution in [0, 0.1) is 0 Å². The average molecular weight is 282 g/mol. The van der Waals surface area contributed by atoms with Gasteiger partial charge >= 0.3 is 0 Å². The van der Waals surface area contributed by atoms with Crippen molar-refractivity contribution < 1.29 is 19.1 Å². The van der Waals surface area contributed by atoms with E-state index >= 15 is 0 Å². The van der Waals surface area contributed by atoms with Crippen molar-refractivity contribution in [3.63, 3.8) is 0 Å². The summed E-state index contributed by atoms with van der Waals surface area (Å²) in [6.45, 7) is 3.81. The fourth-order valence-corrected chi connectivity index (χ4v) is 2.76. The van der Waals surface area contributed by atoms with Crippen molar-refractivity contribution in [2.75, 3.05) is 39.5 Å². The Labute approximate surface area is 119 Å². The highest BCUT2D eigenvalue weighted by atomic mass is 16.5. The first-order chi connectivity index (χ1) is 9.75. The van der Waals surface area contributed by atoms with E-state index < -0.39 is 0 Å². The van der Waals surface area contributed by atoms with Crippen molar-refractivity contribution in [2.45, 2.75) is 37.8 Å². The van der Waals surface area contributed by atoms with Crippen molar-refractivity contribution in [1.82, 2.24) is 9.80 Å². The molecule has 0 radical (unpaired) electrons. The Morgan fingerprint density at radius 1 is 1.00 bits per heavy atom. The number of amides is 2. The van der Waals surface area contributed by atoms with Gasteiger partial charge in [0.2, 0.25) is 11.8 Å². The van der Waals surface area contributed by atoms with E-state index in [4.69, 9.17) is 9.47 Å². The van der Waals surface area contributed by atoms with Gasteiger partial charge in [-0.25, -0.2) is 0 Å². The van der Waals surface area contributed by atoms with Gasteiger partial charge in [0, 0.05) is 32.0 Å². The molecule has 0 spiro atoms. The molecule has 112 valence electrons. The highest BCUT2D eigenvalue weighted by Crippen LogP contribution is 2.31. The van der Waals surface area contributed by atoms with Crippen molar-refractivity contribution in [3.8, 4) is 0 Å². The van der Waals surface area contributed by atoms with Crippen LogP contribution in [0.5, 0.6) is 0 Å². The van der Waals surface area contributed by atoms with Gasteiger partial charge in [0.1, 0.15) is 0 Å². The Morgan fingerprint density at radius 3 is 2.25 bits per heavy atom. The molecule has 1 aliphatic carbocycles. The van der Waals surface area contributed by atoms with Crippen molar-refractivity contribution >= 4 is 11.8 Å². The number of hydrogen-bond acceptors (Lipinski definition) is 4. The predicted octanol–water partition coefficient (Wildman–Crippen LogP) is 0.0152. The lowest BCUT2D eigenvalue weighted by Crippen LogP contribution is -2.53. The van der Waals surface area contributed by atoms with Gasteiger partial charge in [-0.2, -0.15) is 0 Å². The fraction of sp³-hybridized carbons (Fsp3) is 0.857. The molecule has 0 atom stereocenters. The maximum atomic E-state index is 12.3. The van der Waals surface area contributed by atoms with E-state index in [0.717, 1.165) is 12.8 Å². The van der Waals surface area contributed by atoms with Crippen LogP contribution in [-0.4, -0.2) is 73.2 Å². The Bertz CT molecular complexity index is 373. The minimum atomic E-state index is 0.0715. The summed E-state index contributed by atoms with van der Waals surface area (Å²) in [7, 11) is 0. The first kappa shape index (κ1) is 13.8. The van der Waals surface area contributed by atoms with E-state index in [2.05, 4.69) is 0 Å². The maximum Gasteiger partial charge on any atom is 0.223 e. The monoisotopic (exact) mass is 282 g/mol. The van der Waals surface area contributed by atoms with E-state index in [0.29, 0.717) is 58.4 Å². The second-order valence-electron chi connectivity index (χ2n) is 5.72. The molecule has 0 unspecified atom stereocenters. The number of ether oxygens (including phenoxy) is 2. The smallest absolute Gasteiger partial charge is 0.223 e. The van der Waals surface area contributed by atoms with Crippen LogP contribution >= 0.6 is 0 Å². The summed E-state index contributed by atoms with van der Waals surface area (Å²) >= 11 is 0. The molecule has 0 aromatic heterocycles. The number of nitrogens with zero attached hydrogens (tertiary/aromatic N) is 2. The molecule has 2 saturated heterocycles. The largest absolute Gasteiger partial charge is 0.378 e. The van der Waals surface area contributed by atoms with E-state index in [-0.39, 0.29) is 17.9 Å². The number of morpholine rings is 1. The highest BCUT2D eigenvalue weighted by Gasteiger charge is 2.40. The molecule has 0 aromatic carbocycles. The van der Waals surface area contributed by atoms with Gasteiger partial charge in [0.15, 0.2) is 0 Å². The van der Waals surface area contributed by atoms with Crippen molar-refractivity contribution in [2.24, 2.45) is 0 Å².